The van der Waals surface area contributed by atoms with E-state index in [-0.39, 0.29) is 11.7 Å². The predicted octanol–water partition coefficient (Wildman–Crippen LogP) is 3.60. The van der Waals surface area contributed by atoms with Crippen molar-refractivity contribution in [2.45, 2.75) is 52.4 Å². The summed E-state index contributed by atoms with van der Waals surface area (Å²) in [6.07, 6.45) is 7.63. The molecule has 0 fully saturated rings. The van der Waals surface area contributed by atoms with Gasteiger partial charge in [0.2, 0.25) is 5.91 Å². The van der Waals surface area contributed by atoms with Gasteiger partial charge >= 0.3 is 0 Å². The van der Waals surface area contributed by atoms with Crippen LogP contribution in [-0.2, 0) is 4.79 Å². The Morgan fingerprint density at radius 1 is 1.27 bits per heavy atom. The molecule has 1 rings (SSSR count). The summed E-state index contributed by atoms with van der Waals surface area (Å²) in [5.41, 5.74) is 3.27. The first-order valence-electron chi connectivity index (χ1n) is 7.95. The summed E-state index contributed by atoms with van der Waals surface area (Å²) in [6.45, 7) is 4.49. The van der Waals surface area contributed by atoms with Crippen molar-refractivity contribution in [2.24, 2.45) is 5.10 Å². The fourth-order valence-corrected chi connectivity index (χ4v) is 2.01. The lowest BCUT2D eigenvalue weighted by Crippen LogP contribution is -2.16. The molecular formula is C17H26N2O3. The Bertz CT molecular complexity index is 487. The van der Waals surface area contributed by atoms with Gasteiger partial charge < -0.3 is 9.84 Å². The minimum absolute atomic E-state index is 0.0726. The number of nitrogens with zero attached hydrogens (tertiary/aromatic N) is 1. The van der Waals surface area contributed by atoms with Crippen LogP contribution in [0, 0.1) is 0 Å². The van der Waals surface area contributed by atoms with Crippen molar-refractivity contribution in [1.82, 2.24) is 5.43 Å². The van der Waals surface area contributed by atoms with Gasteiger partial charge in [0, 0.05) is 6.42 Å². The number of benzene rings is 1. The number of phenolic OH excluding ortho intramolecular Hbond substituents is 1. The Morgan fingerprint density at radius 2 is 2.05 bits per heavy atom. The van der Waals surface area contributed by atoms with Crippen LogP contribution in [0.1, 0.15) is 57.9 Å². The number of hydrogen-bond acceptors (Lipinski definition) is 4. The number of phenols is 1. The molecule has 0 bridgehead atoms. The van der Waals surface area contributed by atoms with Crippen molar-refractivity contribution in [3.63, 3.8) is 0 Å². The number of nitrogens with one attached hydrogen (secondary N) is 1. The van der Waals surface area contributed by atoms with E-state index in [9.17, 15) is 9.90 Å². The van der Waals surface area contributed by atoms with Crippen LogP contribution in [0.3, 0.4) is 0 Å². The molecule has 22 heavy (non-hydrogen) atoms. The molecule has 0 saturated heterocycles. The summed E-state index contributed by atoms with van der Waals surface area (Å²) in [4.78, 5) is 11.6. The monoisotopic (exact) mass is 306 g/mol. The SMILES string of the molecule is CCCCCCCC(=O)NN=Cc1ccc(O)c(OCC)c1. The number of carbonyl (C=O) groups excluding carboxylic acids is 1. The molecule has 0 heterocycles. The van der Waals surface area contributed by atoms with Crippen LogP contribution in [0.5, 0.6) is 11.5 Å². The average molecular weight is 306 g/mol. The van der Waals surface area contributed by atoms with Gasteiger partial charge in [-0.2, -0.15) is 5.10 Å². The highest BCUT2D eigenvalue weighted by atomic mass is 16.5. The van der Waals surface area contributed by atoms with Gasteiger partial charge in [-0.15, -0.1) is 0 Å². The first-order chi connectivity index (χ1) is 10.7. The van der Waals surface area contributed by atoms with Crippen molar-refractivity contribution < 1.29 is 14.6 Å². The number of unbranched alkanes of at least 4 members (excludes halogenated alkanes) is 4. The van der Waals surface area contributed by atoms with Crippen LogP contribution in [0.2, 0.25) is 0 Å². The van der Waals surface area contributed by atoms with Crippen molar-refractivity contribution in [2.75, 3.05) is 6.61 Å². The predicted molar refractivity (Wildman–Crippen MR) is 88.4 cm³/mol. The number of rotatable bonds is 10. The molecule has 0 unspecified atom stereocenters. The Labute approximate surface area is 132 Å². The zero-order chi connectivity index (χ0) is 16.2. The van der Waals surface area contributed by atoms with E-state index in [2.05, 4.69) is 17.5 Å². The van der Waals surface area contributed by atoms with Crippen molar-refractivity contribution in [1.29, 1.82) is 0 Å². The molecule has 1 amide bonds. The molecule has 122 valence electrons. The molecule has 0 aliphatic heterocycles. The maximum Gasteiger partial charge on any atom is 0.240 e. The average Bonchev–Trinajstić information content (AvgIpc) is 2.50. The van der Waals surface area contributed by atoms with Gasteiger partial charge in [-0.3, -0.25) is 4.79 Å². The van der Waals surface area contributed by atoms with Gasteiger partial charge in [0.15, 0.2) is 11.5 Å². The second-order valence-electron chi connectivity index (χ2n) is 5.12. The number of hydrazone groups is 1. The van der Waals surface area contributed by atoms with E-state index in [4.69, 9.17) is 4.74 Å². The smallest absolute Gasteiger partial charge is 0.240 e. The van der Waals surface area contributed by atoms with Gasteiger partial charge in [-0.05, 0) is 37.1 Å². The molecule has 0 saturated carbocycles. The molecule has 2 N–H and O–H groups in total. The summed E-state index contributed by atoms with van der Waals surface area (Å²) in [7, 11) is 0. The van der Waals surface area contributed by atoms with Gasteiger partial charge in [0.05, 0.1) is 12.8 Å². The lowest BCUT2D eigenvalue weighted by molar-refractivity contribution is -0.121. The van der Waals surface area contributed by atoms with Crippen LogP contribution in [0.25, 0.3) is 0 Å². The van der Waals surface area contributed by atoms with E-state index < -0.39 is 0 Å². The second kappa shape index (κ2) is 10.7. The Hall–Kier alpha value is -2.04. The number of ether oxygens (including phenoxy) is 1. The van der Waals surface area contributed by atoms with Gasteiger partial charge in [-0.1, -0.05) is 32.6 Å². The third-order valence-electron chi connectivity index (χ3n) is 3.19. The lowest BCUT2D eigenvalue weighted by Gasteiger charge is -2.06. The zero-order valence-corrected chi connectivity index (χ0v) is 13.5. The van der Waals surface area contributed by atoms with Gasteiger partial charge in [0.1, 0.15) is 0 Å². The van der Waals surface area contributed by atoms with E-state index in [1.54, 1.807) is 18.2 Å². The lowest BCUT2D eigenvalue weighted by atomic mass is 10.1. The molecule has 5 nitrogen and oxygen atoms in total. The molecule has 0 radical (unpaired) electrons. The summed E-state index contributed by atoms with van der Waals surface area (Å²) in [6, 6.07) is 4.93. The minimum atomic E-state index is -0.0726. The summed E-state index contributed by atoms with van der Waals surface area (Å²) in [5.74, 6) is 0.431. The number of hydrogen-bond donors (Lipinski definition) is 2. The normalized spacial score (nSPS) is 10.8. The number of aromatic hydroxyl groups is 1. The molecule has 0 spiro atoms. The van der Waals surface area contributed by atoms with Crippen LogP contribution in [-0.4, -0.2) is 23.8 Å². The summed E-state index contributed by atoms with van der Waals surface area (Å²) >= 11 is 0. The van der Waals surface area contributed by atoms with E-state index in [0.29, 0.717) is 18.8 Å². The van der Waals surface area contributed by atoms with Crippen molar-refractivity contribution >= 4 is 12.1 Å². The molecule has 0 aliphatic carbocycles. The fourth-order valence-electron chi connectivity index (χ4n) is 2.01. The van der Waals surface area contributed by atoms with Gasteiger partial charge in [0.25, 0.3) is 0 Å². The molecule has 1 aromatic rings. The molecule has 5 heteroatoms. The fraction of sp³-hybridized carbons (Fsp3) is 0.529. The van der Waals surface area contributed by atoms with Crippen LogP contribution in [0.15, 0.2) is 23.3 Å². The third kappa shape index (κ3) is 7.11. The Morgan fingerprint density at radius 3 is 2.77 bits per heavy atom. The highest BCUT2D eigenvalue weighted by molar-refractivity contribution is 5.83. The van der Waals surface area contributed by atoms with E-state index in [1.807, 2.05) is 6.92 Å². The molecule has 1 aromatic carbocycles. The first-order valence-corrected chi connectivity index (χ1v) is 7.95. The standard InChI is InChI=1S/C17H26N2O3/c1-3-5-6-7-8-9-17(21)19-18-13-14-10-11-15(20)16(12-14)22-4-2/h10-13,20H,3-9H2,1-2H3,(H,19,21). The van der Waals surface area contributed by atoms with E-state index >= 15 is 0 Å². The van der Waals surface area contributed by atoms with E-state index in [0.717, 1.165) is 18.4 Å². The maximum atomic E-state index is 11.6. The number of carbonyl (C=O) groups is 1. The Balaban J connectivity index is 2.35. The summed E-state index contributed by atoms with van der Waals surface area (Å²) < 4.78 is 5.29. The summed E-state index contributed by atoms with van der Waals surface area (Å²) in [5, 5.41) is 13.5. The Kier molecular flexibility index (Phi) is 8.72. The third-order valence-corrected chi connectivity index (χ3v) is 3.19. The highest BCUT2D eigenvalue weighted by Gasteiger charge is 2.02. The molecule has 0 atom stereocenters. The highest BCUT2D eigenvalue weighted by Crippen LogP contribution is 2.26. The zero-order valence-electron chi connectivity index (χ0n) is 13.5. The molecular weight excluding hydrogens is 280 g/mol. The van der Waals surface area contributed by atoms with Crippen LogP contribution < -0.4 is 10.2 Å². The quantitative estimate of drug-likeness (QED) is 0.394. The van der Waals surface area contributed by atoms with Crippen molar-refractivity contribution in [3.05, 3.63) is 23.8 Å². The van der Waals surface area contributed by atoms with Crippen LogP contribution in [0.4, 0.5) is 0 Å². The molecule has 0 aromatic heterocycles. The van der Waals surface area contributed by atoms with Crippen LogP contribution >= 0.6 is 0 Å². The minimum Gasteiger partial charge on any atom is -0.504 e. The van der Waals surface area contributed by atoms with Crippen molar-refractivity contribution in [3.8, 4) is 11.5 Å². The topological polar surface area (TPSA) is 70.9 Å². The van der Waals surface area contributed by atoms with E-state index in [1.165, 1.54) is 25.5 Å². The largest absolute Gasteiger partial charge is 0.504 e. The molecule has 0 aliphatic rings. The second-order valence-corrected chi connectivity index (χ2v) is 5.12. The maximum absolute atomic E-state index is 11.6. The van der Waals surface area contributed by atoms with Gasteiger partial charge in [-0.25, -0.2) is 5.43 Å². The number of amides is 1. The first kappa shape index (κ1) is 18.0.